The maximum Gasteiger partial charge on any atom is 0.257 e. The molecule has 0 heterocycles. The molecule has 0 aromatic heterocycles. The van der Waals surface area contributed by atoms with Gasteiger partial charge in [0.25, 0.3) is 5.91 Å². The number of nitrogens with one attached hydrogen (secondary N) is 2. The molecule has 142 valence electrons. The van der Waals surface area contributed by atoms with Crippen molar-refractivity contribution < 1.29 is 14.3 Å². The second-order valence-electron chi connectivity index (χ2n) is 6.40. The van der Waals surface area contributed by atoms with Crippen molar-refractivity contribution in [3.63, 3.8) is 0 Å². The fourth-order valence-corrected chi connectivity index (χ4v) is 2.73. The van der Waals surface area contributed by atoms with Crippen molar-refractivity contribution in [3.8, 4) is 0 Å². The molecule has 2 amide bonds. The number of ether oxygens (including phenoxy) is 1. The maximum absolute atomic E-state index is 12.6. The van der Waals surface area contributed by atoms with Crippen molar-refractivity contribution in [1.29, 1.82) is 0 Å². The normalized spacial score (nSPS) is 10.3. The van der Waals surface area contributed by atoms with E-state index in [4.69, 9.17) is 4.74 Å². The molecule has 0 atom stereocenters. The highest BCUT2D eigenvalue weighted by Crippen LogP contribution is 2.18. The lowest BCUT2D eigenvalue weighted by molar-refractivity contribution is -0.121. The lowest BCUT2D eigenvalue weighted by Crippen LogP contribution is -2.21. The lowest BCUT2D eigenvalue weighted by Gasteiger charge is -2.12. The molecule has 0 radical (unpaired) electrons. The second kappa shape index (κ2) is 9.48. The summed E-state index contributed by atoms with van der Waals surface area (Å²) in [6, 6.07) is 24.1. The summed E-state index contributed by atoms with van der Waals surface area (Å²) >= 11 is 0. The van der Waals surface area contributed by atoms with E-state index in [0.29, 0.717) is 23.5 Å². The van der Waals surface area contributed by atoms with E-state index in [1.165, 1.54) is 0 Å². The van der Waals surface area contributed by atoms with Gasteiger partial charge in [-0.05, 0) is 42.3 Å². The molecule has 3 aromatic rings. The third-order valence-electron chi connectivity index (χ3n) is 4.07. The number of anilines is 2. The van der Waals surface area contributed by atoms with Crippen LogP contribution in [0.15, 0.2) is 78.9 Å². The molecule has 3 rings (SSSR count). The number of carbonyl (C=O) groups is 2. The molecule has 0 aliphatic heterocycles. The Hall–Kier alpha value is -3.44. The summed E-state index contributed by atoms with van der Waals surface area (Å²) in [4.78, 5) is 24.8. The number of hydrogen-bond acceptors (Lipinski definition) is 3. The Morgan fingerprint density at radius 1 is 0.857 bits per heavy atom. The highest BCUT2D eigenvalue weighted by atomic mass is 16.5. The summed E-state index contributed by atoms with van der Waals surface area (Å²) in [5, 5.41) is 5.61. The van der Waals surface area contributed by atoms with Crippen molar-refractivity contribution in [2.24, 2.45) is 0 Å². The molecule has 0 aliphatic rings. The summed E-state index contributed by atoms with van der Waals surface area (Å²) in [6.45, 7) is 2.21. The molecule has 28 heavy (non-hydrogen) atoms. The number of benzene rings is 3. The van der Waals surface area contributed by atoms with E-state index in [-0.39, 0.29) is 18.4 Å². The molecule has 5 nitrogen and oxygen atoms in total. The van der Waals surface area contributed by atoms with Crippen LogP contribution in [0.5, 0.6) is 0 Å². The molecule has 2 N–H and O–H groups in total. The fourth-order valence-electron chi connectivity index (χ4n) is 2.73. The van der Waals surface area contributed by atoms with Gasteiger partial charge in [-0.15, -0.1) is 0 Å². The molecule has 0 saturated carbocycles. The largest absolute Gasteiger partial charge is 0.367 e. The predicted molar refractivity (Wildman–Crippen MR) is 110 cm³/mol. The van der Waals surface area contributed by atoms with Gasteiger partial charge in [0.05, 0.1) is 17.9 Å². The average Bonchev–Trinajstić information content (AvgIpc) is 2.69. The van der Waals surface area contributed by atoms with E-state index < -0.39 is 0 Å². The first-order chi connectivity index (χ1) is 13.6. The van der Waals surface area contributed by atoms with Gasteiger partial charge in [-0.25, -0.2) is 0 Å². The average molecular weight is 374 g/mol. The minimum atomic E-state index is -0.313. The number of aryl methyl sites for hydroxylation is 1. The number of carbonyl (C=O) groups excluding carboxylic acids is 2. The Bertz CT molecular complexity index is 955. The summed E-state index contributed by atoms with van der Waals surface area (Å²) in [5.41, 5.74) is 3.59. The predicted octanol–water partition coefficient (Wildman–Crippen LogP) is 4.40. The van der Waals surface area contributed by atoms with Crippen LogP contribution >= 0.6 is 0 Å². The van der Waals surface area contributed by atoms with Crippen LogP contribution in [0.25, 0.3) is 0 Å². The van der Waals surface area contributed by atoms with Crippen LogP contribution in [0.2, 0.25) is 0 Å². The van der Waals surface area contributed by atoms with Crippen molar-refractivity contribution in [3.05, 3.63) is 95.6 Å². The van der Waals surface area contributed by atoms with Crippen molar-refractivity contribution >= 4 is 23.2 Å². The van der Waals surface area contributed by atoms with Crippen LogP contribution in [0.3, 0.4) is 0 Å². The number of amides is 2. The third kappa shape index (κ3) is 5.53. The van der Waals surface area contributed by atoms with E-state index in [2.05, 4.69) is 10.6 Å². The van der Waals surface area contributed by atoms with Gasteiger partial charge in [0.2, 0.25) is 5.91 Å². The van der Waals surface area contributed by atoms with Crippen LogP contribution < -0.4 is 10.6 Å². The molecular weight excluding hydrogens is 352 g/mol. The van der Waals surface area contributed by atoms with Crippen LogP contribution in [0.4, 0.5) is 11.4 Å². The van der Waals surface area contributed by atoms with Crippen molar-refractivity contribution in [2.75, 3.05) is 17.2 Å². The highest BCUT2D eigenvalue weighted by molar-refractivity contribution is 6.10. The minimum Gasteiger partial charge on any atom is -0.367 e. The molecule has 0 saturated heterocycles. The minimum absolute atomic E-state index is 0.0945. The van der Waals surface area contributed by atoms with Gasteiger partial charge in [0, 0.05) is 5.69 Å². The molecule has 0 fully saturated rings. The van der Waals surface area contributed by atoms with E-state index >= 15 is 0 Å². The molecule has 0 spiro atoms. The summed E-state index contributed by atoms with van der Waals surface area (Å²) in [7, 11) is 0. The third-order valence-corrected chi connectivity index (χ3v) is 4.07. The monoisotopic (exact) mass is 374 g/mol. The van der Waals surface area contributed by atoms with Gasteiger partial charge in [0.15, 0.2) is 0 Å². The highest BCUT2D eigenvalue weighted by Gasteiger charge is 2.13. The molecule has 0 bridgehead atoms. The number of rotatable bonds is 7. The first-order valence-corrected chi connectivity index (χ1v) is 9.00. The lowest BCUT2D eigenvalue weighted by atomic mass is 10.1. The second-order valence-corrected chi connectivity index (χ2v) is 6.40. The Kier molecular flexibility index (Phi) is 6.54. The standard InChI is InChI=1S/C23H22N2O3/c1-17-8-7-11-19(14-17)24-23(27)20-12-5-6-13-21(20)25-22(26)16-28-15-18-9-3-2-4-10-18/h2-14H,15-16H2,1H3,(H,24,27)(H,25,26). The maximum atomic E-state index is 12.6. The zero-order valence-electron chi connectivity index (χ0n) is 15.6. The summed E-state index contributed by atoms with van der Waals surface area (Å²) in [5.74, 6) is -0.599. The van der Waals surface area contributed by atoms with Gasteiger partial charge >= 0.3 is 0 Å². The zero-order chi connectivity index (χ0) is 19.8. The van der Waals surface area contributed by atoms with E-state index in [9.17, 15) is 9.59 Å². The summed E-state index contributed by atoms with van der Waals surface area (Å²) in [6.07, 6.45) is 0. The van der Waals surface area contributed by atoms with Gasteiger partial charge < -0.3 is 15.4 Å². The number of para-hydroxylation sites is 1. The molecule has 3 aromatic carbocycles. The van der Waals surface area contributed by atoms with Crippen molar-refractivity contribution in [1.82, 2.24) is 0 Å². The van der Waals surface area contributed by atoms with Crippen LogP contribution in [-0.4, -0.2) is 18.4 Å². The Balaban J connectivity index is 1.59. The quantitative estimate of drug-likeness (QED) is 0.644. The SMILES string of the molecule is Cc1cccc(NC(=O)c2ccccc2NC(=O)COCc2ccccc2)c1. The van der Waals surface area contributed by atoms with Gasteiger partial charge in [0.1, 0.15) is 6.61 Å². The zero-order valence-corrected chi connectivity index (χ0v) is 15.6. The molecular formula is C23H22N2O3. The first-order valence-electron chi connectivity index (χ1n) is 9.00. The van der Waals surface area contributed by atoms with Gasteiger partial charge in [-0.1, -0.05) is 54.6 Å². The molecule has 0 aliphatic carbocycles. The van der Waals surface area contributed by atoms with Gasteiger partial charge in [-0.2, -0.15) is 0 Å². The Morgan fingerprint density at radius 2 is 1.61 bits per heavy atom. The van der Waals surface area contributed by atoms with Crippen LogP contribution in [-0.2, 0) is 16.1 Å². The van der Waals surface area contributed by atoms with Crippen molar-refractivity contribution in [2.45, 2.75) is 13.5 Å². The number of hydrogen-bond donors (Lipinski definition) is 2. The summed E-state index contributed by atoms with van der Waals surface area (Å²) < 4.78 is 5.45. The topological polar surface area (TPSA) is 67.4 Å². The van der Waals surface area contributed by atoms with E-state index in [0.717, 1.165) is 11.1 Å². The van der Waals surface area contributed by atoms with Crippen LogP contribution in [0, 0.1) is 6.92 Å². The van der Waals surface area contributed by atoms with E-state index in [1.54, 1.807) is 24.3 Å². The Labute approximate surface area is 164 Å². The van der Waals surface area contributed by atoms with Gasteiger partial charge in [-0.3, -0.25) is 9.59 Å². The van der Waals surface area contributed by atoms with E-state index in [1.807, 2.05) is 61.5 Å². The Morgan fingerprint density at radius 3 is 2.39 bits per heavy atom. The molecule has 5 heteroatoms. The smallest absolute Gasteiger partial charge is 0.257 e. The fraction of sp³-hybridized carbons (Fsp3) is 0.130. The van der Waals surface area contributed by atoms with Crippen LogP contribution in [0.1, 0.15) is 21.5 Å². The molecule has 0 unspecified atom stereocenters. The first kappa shape index (κ1) is 19.3.